The summed E-state index contributed by atoms with van der Waals surface area (Å²) >= 11 is 0. The van der Waals surface area contributed by atoms with Gasteiger partial charge in [0.05, 0.1) is 45.6 Å². The maximum atomic E-state index is 13.8. The number of hydrogen-bond acceptors (Lipinski definition) is 28. The van der Waals surface area contributed by atoms with Gasteiger partial charge in [0.25, 0.3) is 16.7 Å². The van der Waals surface area contributed by atoms with Crippen LogP contribution in [0.5, 0.6) is 0 Å². The smallest absolute Gasteiger partial charge is 0.387 e. The number of hydrogen-bond donors (Lipinski definition) is 12. The van der Waals surface area contributed by atoms with E-state index in [4.69, 9.17) is 48.5 Å². The summed E-state index contributed by atoms with van der Waals surface area (Å²) in [5, 5.41) is 43.4. The molecule has 10 rings (SSSR count). The van der Waals surface area contributed by atoms with Gasteiger partial charge in [0.1, 0.15) is 72.1 Å². The van der Waals surface area contributed by atoms with Gasteiger partial charge in [-0.2, -0.15) is 18.2 Å². The number of anilines is 2. The maximum absolute atomic E-state index is 13.8. The number of nitrogens with two attached hydrogens (primary N) is 2. The number of aliphatic hydroxyl groups is 4. The number of phosphoric acid groups is 4. The molecule has 4 aliphatic rings. The maximum Gasteiger partial charge on any atom is 0.490 e. The molecule has 6 aromatic heterocycles. The topological polar surface area (TPSA) is 536 Å². The molecule has 7 unspecified atom stereocenters. The van der Waals surface area contributed by atoms with Gasteiger partial charge in [0.2, 0.25) is 18.5 Å². The second-order valence-corrected chi connectivity index (χ2v) is 23.6. The van der Waals surface area contributed by atoms with Crippen LogP contribution in [0.15, 0.2) is 34.9 Å². The first-order chi connectivity index (χ1) is 35.6. The fourth-order valence-corrected chi connectivity index (χ4v) is 13.7. The van der Waals surface area contributed by atoms with Gasteiger partial charge in [-0.05, 0) is 13.8 Å². The van der Waals surface area contributed by atoms with Crippen molar-refractivity contribution in [2.24, 2.45) is 7.05 Å². The zero-order valence-electron chi connectivity index (χ0n) is 38.9. The van der Waals surface area contributed by atoms with Crippen LogP contribution in [0.2, 0.25) is 0 Å². The lowest BCUT2D eigenvalue weighted by atomic mass is 9.94. The largest absolute Gasteiger partial charge is 0.490 e. The van der Waals surface area contributed by atoms with Gasteiger partial charge >= 0.3 is 36.9 Å². The van der Waals surface area contributed by atoms with Crippen molar-refractivity contribution in [1.82, 2.24) is 53.6 Å². The standard InChI is InChI=1S/C34H44N14O24P4/c1-11-34(6-65-75(59,60)72-76(61,62)71-74(57,58)64-5-14-19(50)21(52)31(68-14)48-10-45(3)17-27(48)43-33(36)44-29(17)54)23(22(66-11)32(69-34)46-8-39-15-24(35)37-7-38-25(15)46)70-73(55,56)63-4-13-18(49)20(51)30(67-13)47-9-40-16-26(47)41-12(2)42-28(16)53/h7-11,13-14,18-23,30-32,49-52H,4-6H2,1-3H3,(H9-,35,36,37,38,41,42,43,44,53,54,55,56,57,58,59,60,61,62)/p+1/t11-,13+,14+,18?,19-,20-,21?,22-,23?,30+,31+,32+,34-/m0/s1. The Balaban J connectivity index is 0.821. The molecule has 14 N–H and O–H groups in total. The van der Waals surface area contributed by atoms with Crippen molar-refractivity contribution in [1.29, 1.82) is 0 Å². The van der Waals surface area contributed by atoms with Crippen molar-refractivity contribution in [2.75, 3.05) is 31.3 Å². The van der Waals surface area contributed by atoms with E-state index in [1.54, 1.807) is 0 Å². The number of nitrogens with zero attached hydrogens (tertiary/aromatic N) is 10. The van der Waals surface area contributed by atoms with Crippen LogP contribution < -0.4 is 27.2 Å². The number of aromatic nitrogens is 12. The minimum absolute atomic E-state index is 0.0211. The number of nitrogens with one attached hydrogen (secondary N) is 2. The molecular formula is C34H45N14O24P4+. The van der Waals surface area contributed by atoms with Crippen molar-refractivity contribution in [3.05, 3.63) is 51.8 Å². The zero-order chi connectivity index (χ0) is 54.8. The van der Waals surface area contributed by atoms with E-state index in [1.165, 1.54) is 42.7 Å². The van der Waals surface area contributed by atoms with E-state index in [9.17, 15) is 67.8 Å². The van der Waals surface area contributed by atoms with Crippen LogP contribution >= 0.6 is 31.3 Å². The summed E-state index contributed by atoms with van der Waals surface area (Å²) in [6, 6.07) is 0. The molecular weight excluding hydrogens is 1110 g/mol. The summed E-state index contributed by atoms with van der Waals surface area (Å²) in [7, 11) is -22.1. The first kappa shape index (κ1) is 54.4. The Hall–Kier alpha value is -4.95. The molecule has 4 saturated heterocycles. The lowest BCUT2D eigenvalue weighted by Crippen LogP contribution is -2.50. The normalized spacial score (nSPS) is 32.8. The summed E-state index contributed by atoms with van der Waals surface area (Å²) in [5.74, 6) is -0.197. The molecule has 2 bridgehead atoms. The number of aryl methyl sites for hydroxylation is 2. The SMILES string of the molecule is Cc1nc2c(ncn2[C@@H]2O[C@H](COP(=O)(O)OC3[C@@H]4O[C@@H](C)[C@]3(COP(=O)(O)OP(=O)(O)OP(=O)(O)OC[C@H]3O[C@@H](n5c[n+](C)c6c(=O)[nH]c(N)nc65)C(O)[C@H]3O)O[C@H]4n3cnc4c(N)ncnc43)C(O)[C@@H]2O)c(=O)[nH]1. The summed E-state index contributed by atoms with van der Waals surface area (Å²) in [6.07, 6.45) is -14.9. The molecule has 38 nitrogen and oxygen atoms in total. The van der Waals surface area contributed by atoms with Crippen LogP contribution in [0.3, 0.4) is 0 Å². The van der Waals surface area contributed by atoms with Gasteiger partial charge < -0.3 is 75.4 Å². The predicted octanol–water partition coefficient (Wildman–Crippen LogP) is -3.84. The van der Waals surface area contributed by atoms with E-state index in [2.05, 4.69) is 48.5 Å². The zero-order valence-corrected chi connectivity index (χ0v) is 42.5. The highest BCUT2D eigenvalue weighted by molar-refractivity contribution is 7.66. The number of fused-ring (bicyclic) bond motifs is 5. The predicted molar refractivity (Wildman–Crippen MR) is 242 cm³/mol. The van der Waals surface area contributed by atoms with E-state index in [0.717, 1.165) is 21.8 Å². The lowest BCUT2D eigenvalue weighted by molar-refractivity contribution is -0.646. The number of H-pyrrole nitrogens is 2. The highest BCUT2D eigenvalue weighted by Gasteiger charge is 2.69. The van der Waals surface area contributed by atoms with Crippen molar-refractivity contribution in [3.63, 3.8) is 0 Å². The molecule has 76 heavy (non-hydrogen) atoms. The minimum atomic E-state index is -6.22. The molecule has 6 aromatic rings. The summed E-state index contributed by atoms with van der Waals surface area (Å²) in [4.78, 5) is 96.9. The molecule has 414 valence electrons. The number of phosphoric ester groups is 3. The molecule has 17 atom stereocenters. The Morgan fingerprint density at radius 1 is 0.711 bits per heavy atom. The molecule has 0 saturated carbocycles. The Kier molecular flexibility index (Phi) is 13.9. The van der Waals surface area contributed by atoms with Crippen molar-refractivity contribution < 1.29 is 108 Å². The highest BCUT2D eigenvalue weighted by atomic mass is 31.3. The van der Waals surface area contributed by atoms with Gasteiger partial charge in [-0.15, -0.1) is 0 Å². The van der Waals surface area contributed by atoms with E-state index in [1.807, 2.05) is 0 Å². The molecule has 4 aliphatic heterocycles. The number of rotatable bonds is 18. The third-order valence-corrected chi connectivity index (χ3v) is 17.8. The van der Waals surface area contributed by atoms with Gasteiger partial charge in [-0.3, -0.25) is 41.8 Å². The van der Waals surface area contributed by atoms with E-state index < -0.39 is 141 Å². The molecule has 0 spiro atoms. The first-order valence-electron chi connectivity index (χ1n) is 21.9. The van der Waals surface area contributed by atoms with Gasteiger partial charge in [0.15, 0.2) is 35.1 Å². The Morgan fingerprint density at radius 3 is 1.96 bits per heavy atom. The molecule has 0 aliphatic carbocycles. The average molecular weight is 1160 g/mol. The van der Waals surface area contributed by atoms with Crippen LogP contribution in [0.1, 0.15) is 31.4 Å². The van der Waals surface area contributed by atoms with Crippen molar-refractivity contribution in [2.45, 2.75) is 93.1 Å². The summed E-state index contributed by atoms with van der Waals surface area (Å²) < 4.78 is 111. The van der Waals surface area contributed by atoms with Crippen molar-refractivity contribution >= 4 is 76.5 Å². The van der Waals surface area contributed by atoms with Crippen LogP contribution in [0, 0.1) is 6.92 Å². The summed E-state index contributed by atoms with van der Waals surface area (Å²) in [6.45, 7) is -0.589. The second kappa shape index (κ2) is 19.4. The number of nitrogen functional groups attached to an aromatic ring is 2. The van der Waals surface area contributed by atoms with Gasteiger partial charge in [-0.25, -0.2) is 47.7 Å². The minimum Gasteiger partial charge on any atom is -0.387 e. The number of aliphatic hydroxyl groups excluding tert-OH is 4. The first-order valence-corrected chi connectivity index (χ1v) is 27.9. The Bertz CT molecular complexity index is 3580. The third kappa shape index (κ3) is 9.86. The molecule has 0 amide bonds. The van der Waals surface area contributed by atoms with Crippen molar-refractivity contribution in [3.8, 4) is 0 Å². The Morgan fingerprint density at radius 2 is 1.30 bits per heavy atom. The second-order valence-electron chi connectivity index (χ2n) is 17.5. The third-order valence-electron chi connectivity index (χ3n) is 12.6. The molecule has 0 radical (unpaired) electrons. The average Bonchev–Trinajstić information content (AvgIpc) is 4.20. The van der Waals surface area contributed by atoms with E-state index in [-0.39, 0.29) is 51.1 Å². The number of ether oxygens (including phenoxy) is 4. The van der Waals surface area contributed by atoms with Crippen LogP contribution in [-0.2, 0) is 71.0 Å². The lowest BCUT2D eigenvalue weighted by Gasteiger charge is -2.36. The Labute approximate surface area is 421 Å². The number of imidazole rings is 3. The number of aromatic amines is 2. The molecule has 42 heteroatoms. The fraction of sp³-hybridized carbons (Fsp3) is 0.559. The van der Waals surface area contributed by atoms with Crippen LogP contribution in [0.4, 0.5) is 11.8 Å². The van der Waals surface area contributed by atoms with E-state index >= 15 is 0 Å². The van der Waals surface area contributed by atoms with Gasteiger partial charge in [-0.1, -0.05) is 0 Å². The quantitative estimate of drug-likeness (QED) is 0.0290. The summed E-state index contributed by atoms with van der Waals surface area (Å²) in [5.41, 5.74) is 7.89. The molecule has 10 heterocycles. The van der Waals surface area contributed by atoms with Crippen LogP contribution in [-0.4, -0.2) is 174 Å². The van der Waals surface area contributed by atoms with Crippen LogP contribution in [0.25, 0.3) is 33.5 Å². The van der Waals surface area contributed by atoms with E-state index in [0.29, 0.717) is 0 Å². The molecule has 0 aromatic carbocycles. The molecule has 4 fully saturated rings. The van der Waals surface area contributed by atoms with Gasteiger partial charge in [0, 0.05) is 0 Å². The fourth-order valence-electron chi connectivity index (χ4n) is 9.14. The monoisotopic (exact) mass is 1160 g/mol. The highest BCUT2D eigenvalue weighted by Crippen LogP contribution is 2.68.